The lowest BCUT2D eigenvalue weighted by Gasteiger charge is -2.09. The van der Waals surface area contributed by atoms with Gasteiger partial charge in [-0.15, -0.1) is 0 Å². The van der Waals surface area contributed by atoms with Crippen LogP contribution >= 0.6 is 0 Å². The van der Waals surface area contributed by atoms with Gasteiger partial charge in [0.25, 0.3) is 5.69 Å². The maximum Gasteiger partial charge on any atom is 0.280 e. The minimum absolute atomic E-state index is 0.0241. The normalized spacial score (nSPS) is 11.1. The highest BCUT2D eigenvalue weighted by Gasteiger charge is 2.19. The Hall–Kier alpha value is -4.12. The van der Waals surface area contributed by atoms with Crippen molar-refractivity contribution in [2.45, 2.75) is 0 Å². The first-order chi connectivity index (χ1) is 14.7. The lowest BCUT2D eigenvalue weighted by molar-refractivity contribution is -0.384. The molecule has 5 nitrogen and oxygen atoms in total. The number of methoxy groups -OCH3 is 1. The van der Waals surface area contributed by atoms with Gasteiger partial charge in [0.15, 0.2) is 0 Å². The van der Waals surface area contributed by atoms with E-state index < -0.39 is 0 Å². The van der Waals surface area contributed by atoms with Gasteiger partial charge in [0.2, 0.25) is 0 Å². The Morgan fingerprint density at radius 3 is 2.30 bits per heavy atom. The quantitative estimate of drug-likeness (QED) is 0.263. The molecule has 0 aliphatic heterocycles. The number of fused-ring (bicyclic) bond motifs is 3. The summed E-state index contributed by atoms with van der Waals surface area (Å²) in [6.07, 6.45) is 0. The van der Waals surface area contributed by atoms with Crippen LogP contribution < -0.4 is 4.74 Å². The van der Waals surface area contributed by atoms with Gasteiger partial charge >= 0.3 is 0 Å². The third kappa shape index (κ3) is 2.79. The van der Waals surface area contributed by atoms with Gasteiger partial charge < -0.3 is 9.30 Å². The lowest BCUT2D eigenvalue weighted by Crippen LogP contribution is -1.95. The van der Waals surface area contributed by atoms with Crippen molar-refractivity contribution in [1.29, 1.82) is 0 Å². The summed E-state index contributed by atoms with van der Waals surface area (Å²) in [7, 11) is 1.50. The summed E-state index contributed by atoms with van der Waals surface area (Å²) in [5.74, 6) is 0.463. The van der Waals surface area contributed by atoms with Crippen molar-refractivity contribution in [2.75, 3.05) is 7.11 Å². The SMILES string of the molecule is COc1ccc(-c2ccc3c4ccccc4n(-c4ccccc4)c3c2)c([N+](=O)[O-])c1. The number of para-hydroxylation sites is 2. The molecule has 1 aromatic heterocycles. The molecule has 0 radical (unpaired) electrons. The summed E-state index contributed by atoms with van der Waals surface area (Å²) in [6, 6.07) is 29.4. The Kier molecular flexibility index (Phi) is 4.21. The highest BCUT2D eigenvalue weighted by atomic mass is 16.6. The molecule has 5 rings (SSSR count). The minimum atomic E-state index is -0.366. The molecular formula is C25H18N2O3. The van der Waals surface area contributed by atoms with Gasteiger partial charge in [-0.3, -0.25) is 10.1 Å². The standard InChI is InChI=1S/C25H18N2O3/c1-30-19-12-14-20(25(16-19)27(28)29)17-11-13-22-21-9-5-6-10-23(21)26(24(22)15-17)18-7-3-2-4-8-18/h2-16H,1H3. The number of nitro benzene ring substituents is 1. The fraction of sp³-hybridized carbons (Fsp3) is 0.0400. The number of hydrogen-bond acceptors (Lipinski definition) is 3. The smallest absolute Gasteiger partial charge is 0.280 e. The maximum absolute atomic E-state index is 11.7. The second-order valence-electron chi connectivity index (χ2n) is 7.06. The molecule has 146 valence electrons. The molecule has 0 fully saturated rings. The summed E-state index contributed by atoms with van der Waals surface area (Å²) >= 11 is 0. The maximum atomic E-state index is 11.7. The van der Waals surface area contributed by atoms with E-state index in [0.29, 0.717) is 11.3 Å². The van der Waals surface area contributed by atoms with E-state index in [2.05, 4.69) is 28.8 Å². The minimum Gasteiger partial charge on any atom is -0.497 e. The van der Waals surface area contributed by atoms with E-state index in [1.165, 1.54) is 13.2 Å². The fourth-order valence-corrected chi connectivity index (χ4v) is 4.03. The molecule has 5 aromatic rings. The number of benzene rings is 4. The van der Waals surface area contributed by atoms with Crippen LogP contribution in [0.25, 0.3) is 38.6 Å². The zero-order valence-electron chi connectivity index (χ0n) is 16.3. The predicted octanol–water partition coefficient (Wildman–Crippen LogP) is 6.37. The molecule has 0 aliphatic carbocycles. The number of nitro groups is 1. The van der Waals surface area contributed by atoms with Crippen LogP contribution in [0.5, 0.6) is 5.75 Å². The summed E-state index contributed by atoms with van der Waals surface area (Å²) in [5, 5.41) is 14.0. The van der Waals surface area contributed by atoms with E-state index in [9.17, 15) is 10.1 Å². The summed E-state index contributed by atoms with van der Waals surface area (Å²) in [5.41, 5.74) is 4.52. The van der Waals surface area contributed by atoms with Crippen LogP contribution in [0.2, 0.25) is 0 Å². The van der Waals surface area contributed by atoms with Crippen molar-refractivity contribution in [3.63, 3.8) is 0 Å². The van der Waals surface area contributed by atoms with E-state index in [4.69, 9.17) is 4.74 Å². The second kappa shape index (κ2) is 7.04. The van der Waals surface area contributed by atoms with Crippen LogP contribution in [0, 0.1) is 10.1 Å². The third-order valence-electron chi connectivity index (χ3n) is 5.40. The fourth-order valence-electron chi connectivity index (χ4n) is 4.03. The molecule has 0 atom stereocenters. The van der Waals surface area contributed by atoms with Crippen molar-refractivity contribution in [2.24, 2.45) is 0 Å². The Labute approximate surface area is 172 Å². The number of aromatic nitrogens is 1. The van der Waals surface area contributed by atoms with Crippen LogP contribution in [0.3, 0.4) is 0 Å². The first-order valence-electron chi connectivity index (χ1n) is 9.59. The van der Waals surface area contributed by atoms with Crippen molar-refractivity contribution in [1.82, 2.24) is 4.57 Å². The number of nitrogens with zero attached hydrogens (tertiary/aromatic N) is 2. The van der Waals surface area contributed by atoms with Crippen LogP contribution in [0.1, 0.15) is 0 Å². The van der Waals surface area contributed by atoms with E-state index in [-0.39, 0.29) is 10.6 Å². The molecule has 0 unspecified atom stereocenters. The molecule has 0 bridgehead atoms. The Morgan fingerprint density at radius 2 is 1.53 bits per heavy atom. The first kappa shape index (κ1) is 17.9. The molecule has 0 saturated heterocycles. The van der Waals surface area contributed by atoms with Crippen molar-refractivity contribution in [3.05, 3.63) is 101 Å². The molecule has 0 amide bonds. The van der Waals surface area contributed by atoms with Crippen LogP contribution in [0.4, 0.5) is 5.69 Å². The van der Waals surface area contributed by atoms with Gasteiger partial charge in [0.1, 0.15) is 5.75 Å². The highest BCUT2D eigenvalue weighted by molar-refractivity contribution is 6.10. The van der Waals surface area contributed by atoms with Gasteiger partial charge in [-0.25, -0.2) is 0 Å². The van der Waals surface area contributed by atoms with Gasteiger partial charge in [0.05, 0.1) is 34.7 Å². The summed E-state index contributed by atoms with van der Waals surface area (Å²) in [6.45, 7) is 0. The molecule has 0 aliphatic rings. The van der Waals surface area contributed by atoms with Gasteiger partial charge in [0, 0.05) is 16.5 Å². The first-order valence-corrected chi connectivity index (χ1v) is 9.59. The van der Waals surface area contributed by atoms with Gasteiger partial charge in [-0.2, -0.15) is 0 Å². The monoisotopic (exact) mass is 394 g/mol. The van der Waals surface area contributed by atoms with E-state index in [1.54, 1.807) is 12.1 Å². The highest BCUT2D eigenvalue weighted by Crippen LogP contribution is 2.38. The predicted molar refractivity (Wildman–Crippen MR) is 119 cm³/mol. The zero-order valence-corrected chi connectivity index (χ0v) is 16.3. The van der Waals surface area contributed by atoms with Crippen LogP contribution in [0.15, 0.2) is 91.0 Å². The Morgan fingerprint density at radius 1 is 0.800 bits per heavy atom. The molecule has 0 spiro atoms. The van der Waals surface area contributed by atoms with Gasteiger partial charge in [-0.1, -0.05) is 48.5 Å². The van der Waals surface area contributed by atoms with Crippen molar-refractivity contribution < 1.29 is 9.66 Å². The average molecular weight is 394 g/mol. The number of ether oxygens (including phenoxy) is 1. The number of hydrogen-bond donors (Lipinski definition) is 0. The molecule has 5 heteroatoms. The lowest BCUT2D eigenvalue weighted by atomic mass is 10.0. The van der Waals surface area contributed by atoms with Crippen molar-refractivity contribution >= 4 is 27.5 Å². The van der Waals surface area contributed by atoms with E-state index in [1.807, 2.05) is 48.5 Å². The molecule has 0 saturated carbocycles. The molecule has 30 heavy (non-hydrogen) atoms. The Balaban J connectivity index is 1.82. The molecule has 4 aromatic carbocycles. The van der Waals surface area contributed by atoms with Crippen molar-refractivity contribution in [3.8, 4) is 22.6 Å². The van der Waals surface area contributed by atoms with Crippen LogP contribution in [-0.4, -0.2) is 16.6 Å². The van der Waals surface area contributed by atoms with Crippen LogP contribution in [-0.2, 0) is 0 Å². The number of rotatable bonds is 4. The largest absolute Gasteiger partial charge is 0.497 e. The Bertz CT molecular complexity index is 1400. The van der Waals surface area contributed by atoms with E-state index in [0.717, 1.165) is 33.1 Å². The summed E-state index contributed by atoms with van der Waals surface area (Å²) in [4.78, 5) is 11.3. The zero-order chi connectivity index (χ0) is 20.7. The molecular weight excluding hydrogens is 376 g/mol. The molecule has 1 heterocycles. The van der Waals surface area contributed by atoms with Gasteiger partial charge in [-0.05, 0) is 42.0 Å². The topological polar surface area (TPSA) is 57.3 Å². The average Bonchev–Trinajstić information content (AvgIpc) is 3.12. The second-order valence-corrected chi connectivity index (χ2v) is 7.06. The third-order valence-corrected chi connectivity index (χ3v) is 5.40. The van der Waals surface area contributed by atoms with E-state index >= 15 is 0 Å². The molecule has 0 N–H and O–H groups in total. The summed E-state index contributed by atoms with van der Waals surface area (Å²) < 4.78 is 7.37.